The highest BCUT2D eigenvalue weighted by Crippen LogP contribution is 2.13. The maximum absolute atomic E-state index is 11.8. The van der Waals surface area contributed by atoms with Crippen LogP contribution in [0, 0.1) is 5.92 Å². The van der Waals surface area contributed by atoms with Crippen molar-refractivity contribution in [1.29, 1.82) is 0 Å². The maximum atomic E-state index is 11.8. The number of carbonyl (C=O) groups is 1. The lowest BCUT2D eigenvalue weighted by Gasteiger charge is -2.21. The summed E-state index contributed by atoms with van der Waals surface area (Å²) >= 11 is 5.63. The lowest BCUT2D eigenvalue weighted by atomic mass is 9.99. The first-order valence-electron chi connectivity index (χ1n) is 5.26. The molecule has 86 valence electrons. The first kappa shape index (κ1) is 11.3. The van der Waals surface area contributed by atoms with Crippen molar-refractivity contribution in [1.82, 2.24) is 15.3 Å². The Labute approximate surface area is 98.6 Å². The number of nitrogens with zero attached hydrogens (tertiary/aromatic N) is 2. The van der Waals surface area contributed by atoms with Gasteiger partial charge in [0.25, 0.3) is 0 Å². The molecule has 16 heavy (non-hydrogen) atoms. The first-order chi connectivity index (χ1) is 7.75. The minimum atomic E-state index is -0.0121. The maximum Gasteiger partial charge on any atom is 0.229 e. The average molecular weight is 241 g/mol. The van der Waals surface area contributed by atoms with Crippen molar-refractivity contribution in [2.45, 2.75) is 12.8 Å². The first-order valence-corrected chi connectivity index (χ1v) is 5.63. The van der Waals surface area contributed by atoms with Gasteiger partial charge in [-0.1, -0.05) is 0 Å². The number of hydrogen-bond acceptors (Lipinski definition) is 4. The Balaban J connectivity index is 1.96. The number of halogens is 1. The number of hydrogen-bond donors (Lipinski definition) is 2. The van der Waals surface area contributed by atoms with Crippen LogP contribution in [0.5, 0.6) is 0 Å². The molecule has 5 nitrogen and oxygen atoms in total. The Morgan fingerprint density at radius 1 is 1.62 bits per heavy atom. The second-order valence-corrected chi connectivity index (χ2v) is 4.08. The highest BCUT2D eigenvalue weighted by molar-refractivity contribution is 6.28. The van der Waals surface area contributed by atoms with Crippen LogP contribution >= 0.6 is 11.6 Å². The fraction of sp³-hybridized carbons (Fsp3) is 0.500. The van der Waals surface area contributed by atoms with Crippen LogP contribution < -0.4 is 10.6 Å². The molecule has 1 amide bonds. The molecule has 0 aromatic carbocycles. The Kier molecular flexibility index (Phi) is 3.69. The molecule has 6 heteroatoms. The average Bonchev–Trinajstić information content (AvgIpc) is 2.30. The Morgan fingerprint density at radius 2 is 2.50 bits per heavy atom. The molecule has 0 unspecified atom stereocenters. The Morgan fingerprint density at radius 3 is 3.19 bits per heavy atom. The molecule has 2 heterocycles. The molecule has 0 saturated carbocycles. The third-order valence-corrected chi connectivity index (χ3v) is 2.73. The summed E-state index contributed by atoms with van der Waals surface area (Å²) < 4.78 is 0. The molecule has 1 aliphatic heterocycles. The van der Waals surface area contributed by atoms with Gasteiger partial charge >= 0.3 is 0 Å². The van der Waals surface area contributed by atoms with Crippen LogP contribution in [0.4, 0.5) is 5.82 Å². The van der Waals surface area contributed by atoms with E-state index in [0.717, 1.165) is 25.9 Å². The number of rotatable bonds is 2. The predicted octanol–water partition coefficient (Wildman–Crippen LogP) is 1.07. The van der Waals surface area contributed by atoms with Crippen LogP contribution in [0.3, 0.4) is 0 Å². The van der Waals surface area contributed by atoms with Crippen LogP contribution in [0.25, 0.3) is 0 Å². The van der Waals surface area contributed by atoms with E-state index in [4.69, 9.17) is 11.6 Å². The van der Waals surface area contributed by atoms with Crippen molar-refractivity contribution in [2.24, 2.45) is 5.92 Å². The zero-order chi connectivity index (χ0) is 11.4. The van der Waals surface area contributed by atoms with Crippen molar-refractivity contribution in [2.75, 3.05) is 18.4 Å². The van der Waals surface area contributed by atoms with Gasteiger partial charge in [0.05, 0.1) is 5.92 Å². The number of piperidine rings is 1. The van der Waals surface area contributed by atoms with E-state index in [1.54, 1.807) is 6.07 Å². The number of amides is 1. The molecule has 0 bridgehead atoms. The highest BCUT2D eigenvalue weighted by atomic mass is 35.5. The van der Waals surface area contributed by atoms with Gasteiger partial charge in [0.15, 0.2) is 0 Å². The lowest BCUT2D eigenvalue weighted by Crippen LogP contribution is -2.37. The normalized spacial score (nSPS) is 20.4. The van der Waals surface area contributed by atoms with Crippen LogP contribution in [0.1, 0.15) is 12.8 Å². The largest absolute Gasteiger partial charge is 0.316 e. The van der Waals surface area contributed by atoms with E-state index in [-0.39, 0.29) is 17.1 Å². The monoisotopic (exact) mass is 240 g/mol. The van der Waals surface area contributed by atoms with Gasteiger partial charge in [-0.05, 0) is 37.1 Å². The third kappa shape index (κ3) is 2.90. The van der Waals surface area contributed by atoms with Gasteiger partial charge in [-0.15, -0.1) is 0 Å². The van der Waals surface area contributed by atoms with Crippen molar-refractivity contribution in [3.63, 3.8) is 0 Å². The Hall–Kier alpha value is -1.20. The van der Waals surface area contributed by atoms with E-state index in [0.29, 0.717) is 5.82 Å². The number of aromatic nitrogens is 2. The molecule has 1 atom stereocenters. The second-order valence-electron chi connectivity index (χ2n) is 3.74. The van der Waals surface area contributed by atoms with E-state index in [1.165, 1.54) is 6.20 Å². The van der Waals surface area contributed by atoms with Gasteiger partial charge < -0.3 is 10.6 Å². The molecule has 2 rings (SSSR count). The van der Waals surface area contributed by atoms with Gasteiger partial charge in [0, 0.05) is 12.7 Å². The molecule has 1 aromatic rings. The minimum absolute atomic E-state index is 0.0121. The van der Waals surface area contributed by atoms with Crippen LogP contribution in [0.2, 0.25) is 5.28 Å². The van der Waals surface area contributed by atoms with Crippen molar-refractivity contribution < 1.29 is 4.79 Å². The van der Waals surface area contributed by atoms with Gasteiger partial charge in [0.2, 0.25) is 11.2 Å². The summed E-state index contributed by atoms with van der Waals surface area (Å²) in [5, 5.41) is 6.07. The highest BCUT2D eigenvalue weighted by Gasteiger charge is 2.21. The van der Waals surface area contributed by atoms with Gasteiger partial charge in [-0.25, -0.2) is 9.97 Å². The number of nitrogens with one attached hydrogen (secondary N) is 2. The van der Waals surface area contributed by atoms with E-state index < -0.39 is 0 Å². The SMILES string of the molecule is O=C(Nc1ccnc(Cl)n1)[C@H]1CCCNC1. The zero-order valence-electron chi connectivity index (χ0n) is 8.74. The minimum Gasteiger partial charge on any atom is -0.316 e. The number of carbonyl (C=O) groups excluding carboxylic acids is 1. The molecule has 1 fully saturated rings. The second kappa shape index (κ2) is 5.23. The van der Waals surface area contributed by atoms with E-state index in [2.05, 4.69) is 20.6 Å². The molecular weight excluding hydrogens is 228 g/mol. The van der Waals surface area contributed by atoms with Crippen LogP contribution in [0.15, 0.2) is 12.3 Å². The fourth-order valence-electron chi connectivity index (χ4n) is 1.71. The summed E-state index contributed by atoms with van der Waals surface area (Å²) in [5.41, 5.74) is 0. The summed E-state index contributed by atoms with van der Waals surface area (Å²) in [6.45, 7) is 1.72. The lowest BCUT2D eigenvalue weighted by molar-refractivity contribution is -0.120. The molecule has 1 aromatic heterocycles. The molecule has 2 N–H and O–H groups in total. The molecule has 0 aliphatic carbocycles. The van der Waals surface area contributed by atoms with Crippen molar-refractivity contribution in [3.8, 4) is 0 Å². The topological polar surface area (TPSA) is 66.9 Å². The van der Waals surface area contributed by atoms with Gasteiger partial charge in [-0.3, -0.25) is 4.79 Å². The molecular formula is C10H13ClN4O. The zero-order valence-corrected chi connectivity index (χ0v) is 9.50. The smallest absolute Gasteiger partial charge is 0.229 e. The molecule has 0 spiro atoms. The van der Waals surface area contributed by atoms with Crippen molar-refractivity contribution >= 4 is 23.3 Å². The standard InChI is InChI=1S/C10H13ClN4O/c11-10-13-5-3-8(15-10)14-9(16)7-2-1-4-12-6-7/h3,5,7,12H,1-2,4,6H2,(H,13,14,15,16)/t7-/m0/s1. The van der Waals surface area contributed by atoms with E-state index in [1.807, 2.05) is 0 Å². The van der Waals surface area contributed by atoms with E-state index in [9.17, 15) is 4.79 Å². The summed E-state index contributed by atoms with van der Waals surface area (Å²) in [6.07, 6.45) is 3.46. The predicted molar refractivity (Wildman–Crippen MR) is 61.3 cm³/mol. The molecule has 1 saturated heterocycles. The number of anilines is 1. The fourth-order valence-corrected chi connectivity index (χ4v) is 1.86. The summed E-state index contributed by atoms with van der Waals surface area (Å²) in [4.78, 5) is 19.5. The molecule has 0 radical (unpaired) electrons. The van der Waals surface area contributed by atoms with Crippen molar-refractivity contribution in [3.05, 3.63) is 17.5 Å². The van der Waals surface area contributed by atoms with E-state index >= 15 is 0 Å². The summed E-state index contributed by atoms with van der Waals surface area (Å²) in [7, 11) is 0. The third-order valence-electron chi connectivity index (χ3n) is 2.55. The van der Waals surface area contributed by atoms with Crippen LogP contribution in [-0.4, -0.2) is 29.0 Å². The summed E-state index contributed by atoms with van der Waals surface area (Å²) in [5.74, 6) is 0.458. The van der Waals surface area contributed by atoms with Gasteiger partial charge in [-0.2, -0.15) is 0 Å². The Bertz CT molecular complexity index is 379. The quantitative estimate of drug-likeness (QED) is 0.759. The van der Waals surface area contributed by atoms with Crippen LogP contribution in [-0.2, 0) is 4.79 Å². The van der Waals surface area contributed by atoms with Gasteiger partial charge in [0.1, 0.15) is 5.82 Å². The molecule has 1 aliphatic rings. The summed E-state index contributed by atoms with van der Waals surface area (Å²) in [6, 6.07) is 1.63.